The fraction of sp³-hybridized carbons (Fsp3) is 0.944. The molecule has 0 aromatic rings. The topological polar surface area (TPSA) is 48.9 Å². The van der Waals surface area contributed by atoms with Crippen molar-refractivity contribution in [2.75, 3.05) is 46.9 Å². The van der Waals surface area contributed by atoms with E-state index in [1.165, 1.54) is 38.9 Å². The molecule has 0 radical (unpaired) electrons. The van der Waals surface area contributed by atoms with E-state index in [9.17, 15) is 0 Å². The third-order valence-corrected chi connectivity index (χ3v) is 4.93. The smallest absolute Gasteiger partial charge is 0.191 e. The number of rotatable bonds is 7. The highest BCUT2D eigenvalue weighted by molar-refractivity contribution is 14.0. The van der Waals surface area contributed by atoms with Gasteiger partial charge in [-0.05, 0) is 50.2 Å². The van der Waals surface area contributed by atoms with Crippen molar-refractivity contribution in [3.63, 3.8) is 0 Å². The van der Waals surface area contributed by atoms with Crippen LogP contribution in [-0.2, 0) is 4.74 Å². The van der Waals surface area contributed by atoms with Crippen molar-refractivity contribution < 1.29 is 4.74 Å². The first kappa shape index (κ1) is 23.9. The minimum Gasteiger partial charge on any atom is -0.379 e. The van der Waals surface area contributed by atoms with E-state index in [4.69, 9.17) is 4.74 Å². The third-order valence-electron chi connectivity index (χ3n) is 4.93. The molecule has 5 nitrogen and oxygen atoms in total. The third kappa shape index (κ3) is 8.85. The lowest BCUT2D eigenvalue weighted by Crippen LogP contribution is -2.45. The molecule has 0 saturated carbocycles. The van der Waals surface area contributed by atoms with Crippen LogP contribution in [0, 0.1) is 11.3 Å². The average molecular weight is 454 g/mol. The lowest BCUT2D eigenvalue weighted by Gasteiger charge is -2.31. The van der Waals surface area contributed by atoms with Gasteiger partial charge in [-0.1, -0.05) is 27.7 Å². The van der Waals surface area contributed by atoms with Gasteiger partial charge in [0.25, 0.3) is 0 Å². The molecule has 1 aliphatic rings. The normalized spacial score (nSPS) is 18.8. The van der Waals surface area contributed by atoms with E-state index < -0.39 is 0 Å². The van der Waals surface area contributed by atoms with Crippen molar-refractivity contribution in [1.82, 2.24) is 15.5 Å². The summed E-state index contributed by atoms with van der Waals surface area (Å²) < 4.78 is 5.58. The number of likely N-dealkylation sites (tertiary alicyclic amines) is 1. The molecule has 0 spiro atoms. The molecule has 1 rings (SSSR count). The summed E-state index contributed by atoms with van der Waals surface area (Å²) in [4.78, 5) is 6.86. The first-order valence-electron chi connectivity index (χ1n) is 9.10. The van der Waals surface area contributed by atoms with Crippen LogP contribution in [0.5, 0.6) is 0 Å². The number of hydrogen-bond acceptors (Lipinski definition) is 3. The molecule has 1 fully saturated rings. The maximum atomic E-state index is 5.58. The zero-order valence-electron chi connectivity index (χ0n) is 16.5. The van der Waals surface area contributed by atoms with E-state index >= 15 is 0 Å². The van der Waals surface area contributed by atoms with Crippen molar-refractivity contribution in [2.45, 2.75) is 53.1 Å². The maximum Gasteiger partial charge on any atom is 0.191 e. The van der Waals surface area contributed by atoms with Crippen LogP contribution in [0.1, 0.15) is 47.0 Å². The second-order valence-electron chi connectivity index (χ2n) is 7.64. The predicted molar refractivity (Wildman–Crippen MR) is 114 cm³/mol. The number of halogens is 1. The van der Waals surface area contributed by atoms with Crippen molar-refractivity contribution in [1.29, 1.82) is 0 Å². The standard InChI is InChI=1S/C18H38N4O.HI/c1-7-22-12-9-15(10-13-22)8-11-20-17(19-5)21-14-16(23-6)18(2,3)4;/h15-16H,7-14H2,1-6H3,(H2,19,20,21);1H. The van der Waals surface area contributed by atoms with E-state index in [-0.39, 0.29) is 35.5 Å². The van der Waals surface area contributed by atoms with Gasteiger partial charge in [0, 0.05) is 27.2 Å². The maximum absolute atomic E-state index is 5.58. The number of nitrogens with one attached hydrogen (secondary N) is 2. The molecular weight excluding hydrogens is 415 g/mol. The van der Waals surface area contributed by atoms with E-state index in [0.29, 0.717) is 0 Å². The summed E-state index contributed by atoms with van der Waals surface area (Å²) in [6.45, 7) is 14.3. The second kappa shape index (κ2) is 12.3. The molecule has 1 saturated heterocycles. The Bertz CT molecular complexity index is 349. The first-order chi connectivity index (χ1) is 10.9. The molecular formula is C18H39IN4O. The van der Waals surface area contributed by atoms with Gasteiger partial charge in [-0.15, -0.1) is 24.0 Å². The molecule has 1 unspecified atom stereocenters. The SMILES string of the molecule is CCN1CCC(CCNC(=NC)NCC(OC)C(C)(C)C)CC1.I. The summed E-state index contributed by atoms with van der Waals surface area (Å²) in [7, 11) is 3.60. The summed E-state index contributed by atoms with van der Waals surface area (Å²) in [5, 5.41) is 6.83. The highest BCUT2D eigenvalue weighted by Crippen LogP contribution is 2.21. The number of nitrogens with zero attached hydrogens (tertiary/aromatic N) is 2. The molecule has 1 aliphatic heterocycles. The Hall–Kier alpha value is -0.0800. The van der Waals surface area contributed by atoms with Gasteiger partial charge in [0.05, 0.1) is 6.10 Å². The summed E-state index contributed by atoms with van der Waals surface area (Å²) in [5.74, 6) is 1.73. The van der Waals surface area contributed by atoms with Gasteiger partial charge in [0.15, 0.2) is 5.96 Å². The minimum absolute atomic E-state index is 0. The molecule has 0 aromatic heterocycles. The van der Waals surface area contributed by atoms with Crippen LogP contribution < -0.4 is 10.6 Å². The summed E-state index contributed by atoms with van der Waals surface area (Å²) in [6, 6.07) is 0. The molecule has 0 aliphatic carbocycles. The Labute approximate surface area is 166 Å². The van der Waals surface area contributed by atoms with Crippen LogP contribution >= 0.6 is 24.0 Å². The molecule has 1 heterocycles. The highest BCUT2D eigenvalue weighted by atomic mass is 127. The lowest BCUT2D eigenvalue weighted by atomic mass is 9.89. The second-order valence-corrected chi connectivity index (χ2v) is 7.64. The van der Waals surface area contributed by atoms with Crippen molar-refractivity contribution in [2.24, 2.45) is 16.3 Å². The fourth-order valence-electron chi connectivity index (χ4n) is 3.14. The Morgan fingerprint density at radius 2 is 1.88 bits per heavy atom. The van der Waals surface area contributed by atoms with Crippen LogP contribution in [-0.4, -0.2) is 63.8 Å². The van der Waals surface area contributed by atoms with E-state index in [2.05, 4.69) is 48.2 Å². The van der Waals surface area contributed by atoms with Crippen LogP contribution in [0.25, 0.3) is 0 Å². The Kier molecular flexibility index (Phi) is 12.3. The van der Waals surface area contributed by atoms with Gasteiger partial charge in [0.1, 0.15) is 0 Å². The van der Waals surface area contributed by atoms with Crippen molar-refractivity contribution in [3.05, 3.63) is 0 Å². The number of hydrogen-bond donors (Lipinski definition) is 2. The predicted octanol–water partition coefficient (Wildman–Crippen LogP) is 2.95. The molecule has 24 heavy (non-hydrogen) atoms. The first-order valence-corrected chi connectivity index (χ1v) is 9.10. The molecule has 1 atom stereocenters. The number of guanidine groups is 1. The van der Waals surface area contributed by atoms with Crippen LogP contribution in [0.3, 0.4) is 0 Å². The fourth-order valence-corrected chi connectivity index (χ4v) is 3.14. The number of ether oxygens (including phenoxy) is 1. The Morgan fingerprint density at radius 3 is 2.33 bits per heavy atom. The van der Waals surface area contributed by atoms with Crippen molar-refractivity contribution in [3.8, 4) is 0 Å². The van der Waals surface area contributed by atoms with Crippen LogP contribution in [0.2, 0.25) is 0 Å². The summed E-state index contributed by atoms with van der Waals surface area (Å²) >= 11 is 0. The van der Waals surface area contributed by atoms with Gasteiger partial charge in [-0.25, -0.2) is 0 Å². The van der Waals surface area contributed by atoms with Gasteiger partial charge >= 0.3 is 0 Å². The lowest BCUT2D eigenvalue weighted by molar-refractivity contribution is 0.0205. The largest absolute Gasteiger partial charge is 0.379 e. The molecule has 0 bridgehead atoms. The van der Waals surface area contributed by atoms with Gasteiger partial charge in [-0.3, -0.25) is 4.99 Å². The molecule has 2 N–H and O–H groups in total. The molecule has 6 heteroatoms. The number of piperidine rings is 1. The zero-order chi connectivity index (χ0) is 17.3. The molecule has 144 valence electrons. The van der Waals surface area contributed by atoms with E-state index in [1.807, 2.05) is 7.05 Å². The van der Waals surface area contributed by atoms with Gasteiger partial charge in [0.2, 0.25) is 0 Å². The van der Waals surface area contributed by atoms with Crippen LogP contribution in [0.4, 0.5) is 0 Å². The summed E-state index contributed by atoms with van der Waals surface area (Å²) in [6.07, 6.45) is 4.05. The van der Waals surface area contributed by atoms with E-state index in [1.54, 1.807) is 7.11 Å². The van der Waals surface area contributed by atoms with Gasteiger partial charge < -0.3 is 20.3 Å². The monoisotopic (exact) mass is 454 g/mol. The Balaban J connectivity index is 0.00000529. The van der Waals surface area contributed by atoms with Gasteiger partial charge in [-0.2, -0.15) is 0 Å². The molecule has 0 aromatic carbocycles. The minimum atomic E-state index is 0. The highest BCUT2D eigenvalue weighted by Gasteiger charge is 2.24. The number of methoxy groups -OCH3 is 1. The van der Waals surface area contributed by atoms with Crippen LogP contribution in [0.15, 0.2) is 4.99 Å². The average Bonchev–Trinajstić information content (AvgIpc) is 2.53. The summed E-state index contributed by atoms with van der Waals surface area (Å²) in [5.41, 5.74) is 0.119. The quantitative estimate of drug-likeness (QED) is 0.353. The number of aliphatic imine (C=N–C) groups is 1. The van der Waals surface area contributed by atoms with Crippen molar-refractivity contribution >= 4 is 29.9 Å². The zero-order valence-corrected chi connectivity index (χ0v) is 18.9. The van der Waals surface area contributed by atoms with E-state index in [0.717, 1.165) is 25.0 Å². The Morgan fingerprint density at radius 1 is 1.25 bits per heavy atom. The molecule has 0 amide bonds.